The van der Waals surface area contributed by atoms with Crippen LogP contribution in [0.3, 0.4) is 0 Å². The van der Waals surface area contributed by atoms with Crippen molar-refractivity contribution in [2.24, 2.45) is 11.8 Å². The fraction of sp³-hybridized carbons (Fsp3) is 0.611. The Morgan fingerprint density at radius 3 is 2.48 bits per heavy atom. The minimum atomic E-state index is -0.320. The van der Waals surface area contributed by atoms with Crippen molar-refractivity contribution in [1.29, 1.82) is 0 Å². The van der Waals surface area contributed by atoms with Crippen molar-refractivity contribution in [3.8, 4) is 0 Å². The Bertz CT molecular complexity index is 493. The molecule has 3 heteroatoms. The molecule has 2 fully saturated rings. The van der Waals surface area contributed by atoms with E-state index in [-0.39, 0.29) is 5.41 Å². The van der Waals surface area contributed by atoms with Crippen LogP contribution in [0.25, 0.3) is 0 Å². The molecule has 1 heterocycles. The lowest BCUT2D eigenvalue weighted by Crippen LogP contribution is -2.51. The molecule has 0 radical (unpaired) electrons. The first-order valence-corrected chi connectivity index (χ1v) is 8.15. The number of piperidine rings is 1. The van der Waals surface area contributed by atoms with E-state index in [0.29, 0.717) is 11.8 Å². The molecule has 0 bridgehead atoms. The van der Waals surface area contributed by atoms with Crippen LogP contribution >= 0.6 is 0 Å². The first kappa shape index (κ1) is 14.6. The SMILES string of the molecule is CC1CC1CN(C)C(=O)C1(c2ccccc2)CCNCC1. The molecule has 1 aromatic carbocycles. The molecule has 1 aliphatic carbocycles. The summed E-state index contributed by atoms with van der Waals surface area (Å²) in [5.74, 6) is 1.82. The number of benzene rings is 1. The van der Waals surface area contributed by atoms with E-state index in [4.69, 9.17) is 0 Å². The number of rotatable bonds is 4. The van der Waals surface area contributed by atoms with E-state index in [2.05, 4.69) is 36.5 Å². The van der Waals surface area contributed by atoms with E-state index in [9.17, 15) is 4.79 Å². The van der Waals surface area contributed by atoms with Gasteiger partial charge < -0.3 is 10.2 Å². The van der Waals surface area contributed by atoms with Gasteiger partial charge in [-0.1, -0.05) is 37.3 Å². The maximum absolute atomic E-state index is 13.2. The normalized spacial score (nSPS) is 27.1. The summed E-state index contributed by atoms with van der Waals surface area (Å²) in [5.41, 5.74) is 0.867. The van der Waals surface area contributed by atoms with Gasteiger partial charge in [0.15, 0.2) is 0 Å². The number of nitrogens with one attached hydrogen (secondary N) is 1. The summed E-state index contributed by atoms with van der Waals surface area (Å²) in [6.45, 7) is 5.05. The van der Waals surface area contributed by atoms with Gasteiger partial charge in [0.25, 0.3) is 0 Å². The molecule has 3 rings (SSSR count). The number of carbonyl (C=O) groups excluding carboxylic acids is 1. The Kier molecular flexibility index (Phi) is 4.03. The molecule has 1 saturated heterocycles. The summed E-state index contributed by atoms with van der Waals surface area (Å²) in [5, 5.41) is 3.39. The minimum absolute atomic E-state index is 0.314. The van der Waals surface area contributed by atoms with Crippen molar-refractivity contribution in [1.82, 2.24) is 10.2 Å². The Hall–Kier alpha value is -1.35. The van der Waals surface area contributed by atoms with Gasteiger partial charge in [-0.15, -0.1) is 0 Å². The zero-order chi connectivity index (χ0) is 14.9. The second-order valence-corrected chi connectivity index (χ2v) is 6.86. The zero-order valence-electron chi connectivity index (χ0n) is 13.1. The predicted octanol–water partition coefficient (Wildman–Crippen LogP) is 2.42. The van der Waals surface area contributed by atoms with Gasteiger partial charge in [0.1, 0.15) is 0 Å². The second-order valence-electron chi connectivity index (χ2n) is 6.86. The van der Waals surface area contributed by atoms with Gasteiger partial charge in [-0.05, 0) is 49.8 Å². The van der Waals surface area contributed by atoms with Crippen molar-refractivity contribution in [3.63, 3.8) is 0 Å². The molecule has 114 valence electrons. The topological polar surface area (TPSA) is 32.3 Å². The van der Waals surface area contributed by atoms with E-state index in [1.54, 1.807) is 0 Å². The van der Waals surface area contributed by atoms with Crippen molar-refractivity contribution in [2.75, 3.05) is 26.7 Å². The van der Waals surface area contributed by atoms with E-state index >= 15 is 0 Å². The van der Waals surface area contributed by atoms with Crippen LogP contribution < -0.4 is 5.32 Å². The number of hydrogen-bond acceptors (Lipinski definition) is 2. The smallest absolute Gasteiger partial charge is 0.233 e. The van der Waals surface area contributed by atoms with Gasteiger partial charge in [0.05, 0.1) is 5.41 Å². The molecular weight excluding hydrogens is 260 g/mol. The molecule has 2 aliphatic rings. The molecule has 21 heavy (non-hydrogen) atoms. The van der Waals surface area contributed by atoms with Crippen molar-refractivity contribution in [2.45, 2.75) is 31.6 Å². The van der Waals surface area contributed by atoms with Crippen LogP contribution in [0.15, 0.2) is 30.3 Å². The first-order chi connectivity index (χ1) is 10.1. The largest absolute Gasteiger partial charge is 0.345 e. The van der Waals surface area contributed by atoms with Gasteiger partial charge in [0, 0.05) is 13.6 Å². The predicted molar refractivity (Wildman–Crippen MR) is 85.1 cm³/mol. The van der Waals surface area contributed by atoms with E-state index in [0.717, 1.165) is 38.4 Å². The van der Waals surface area contributed by atoms with Crippen LogP contribution in [0.4, 0.5) is 0 Å². The van der Waals surface area contributed by atoms with E-state index in [1.165, 1.54) is 12.0 Å². The molecule has 3 nitrogen and oxygen atoms in total. The fourth-order valence-electron chi connectivity index (χ4n) is 3.69. The van der Waals surface area contributed by atoms with Crippen LogP contribution in [0.5, 0.6) is 0 Å². The lowest BCUT2D eigenvalue weighted by molar-refractivity contribution is -0.137. The third kappa shape index (κ3) is 2.84. The van der Waals surface area contributed by atoms with Gasteiger partial charge in [-0.25, -0.2) is 0 Å². The Balaban J connectivity index is 1.83. The van der Waals surface area contributed by atoms with Crippen LogP contribution in [0.1, 0.15) is 31.7 Å². The van der Waals surface area contributed by atoms with Gasteiger partial charge >= 0.3 is 0 Å². The molecule has 2 atom stereocenters. The number of carbonyl (C=O) groups is 1. The highest BCUT2D eigenvalue weighted by Gasteiger charge is 2.44. The minimum Gasteiger partial charge on any atom is -0.345 e. The maximum atomic E-state index is 13.2. The van der Waals surface area contributed by atoms with Gasteiger partial charge in [-0.3, -0.25) is 4.79 Å². The lowest BCUT2D eigenvalue weighted by Gasteiger charge is -2.39. The fourth-order valence-corrected chi connectivity index (χ4v) is 3.69. The van der Waals surface area contributed by atoms with Crippen LogP contribution in [-0.2, 0) is 10.2 Å². The maximum Gasteiger partial charge on any atom is 0.233 e. The number of nitrogens with zero attached hydrogens (tertiary/aromatic N) is 1. The van der Waals surface area contributed by atoms with E-state index in [1.807, 2.05) is 18.0 Å². The number of hydrogen-bond donors (Lipinski definition) is 1. The third-order valence-electron chi connectivity index (χ3n) is 5.32. The van der Waals surface area contributed by atoms with Crippen LogP contribution in [0, 0.1) is 11.8 Å². The van der Waals surface area contributed by atoms with Crippen LogP contribution in [0.2, 0.25) is 0 Å². The summed E-state index contributed by atoms with van der Waals surface area (Å²) in [6.07, 6.45) is 3.08. The molecule has 0 aromatic heterocycles. The highest BCUT2D eigenvalue weighted by atomic mass is 16.2. The van der Waals surface area contributed by atoms with Crippen LogP contribution in [-0.4, -0.2) is 37.5 Å². The first-order valence-electron chi connectivity index (χ1n) is 8.15. The Labute approximate surface area is 127 Å². The Morgan fingerprint density at radius 2 is 1.90 bits per heavy atom. The average molecular weight is 286 g/mol. The quantitative estimate of drug-likeness (QED) is 0.922. The standard InChI is InChI=1S/C18H26N2O/c1-14-12-15(14)13-20(2)17(21)18(8-10-19-11-9-18)16-6-4-3-5-7-16/h3-7,14-15,19H,8-13H2,1-2H3. The molecule has 1 aromatic rings. The molecule has 2 unspecified atom stereocenters. The summed E-state index contributed by atoms with van der Waals surface area (Å²) < 4.78 is 0. The molecule has 1 N–H and O–H groups in total. The number of amides is 1. The zero-order valence-corrected chi connectivity index (χ0v) is 13.1. The monoisotopic (exact) mass is 286 g/mol. The highest BCUT2D eigenvalue weighted by molar-refractivity contribution is 5.88. The summed E-state index contributed by atoms with van der Waals surface area (Å²) in [4.78, 5) is 15.2. The molecule has 1 saturated carbocycles. The summed E-state index contributed by atoms with van der Waals surface area (Å²) in [6, 6.07) is 10.4. The molecule has 0 spiro atoms. The van der Waals surface area contributed by atoms with Crippen molar-refractivity contribution < 1.29 is 4.79 Å². The summed E-state index contributed by atoms with van der Waals surface area (Å²) >= 11 is 0. The van der Waals surface area contributed by atoms with Crippen molar-refractivity contribution in [3.05, 3.63) is 35.9 Å². The van der Waals surface area contributed by atoms with E-state index < -0.39 is 0 Å². The summed E-state index contributed by atoms with van der Waals surface area (Å²) in [7, 11) is 1.99. The second kappa shape index (κ2) is 5.80. The molecule has 1 aliphatic heterocycles. The highest BCUT2D eigenvalue weighted by Crippen LogP contribution is 2.40. The van der Waals surface area contributed by atoms with Gasteiger partial charge in [0.2, 0.25) is 5.91 Å². The Morgan fingerprint density at radius 1 is 1.29 bits per heavy atom. The van der Waals surface area contributed by atoms with Crippen molar-refractivity contribution >= 4 is 5.91 Å². The molecule has 1 amide bonds. The third-order valence-corrected chi connectivity index (χ3v) is 5.32. The lowest BCUT2D eigenvalue weighted by atomic mass is 9.72. The molecular formula is C18H26N2O. The average Bonchev–Trinajstić information content (AvgIpc) is 3.23. The van der Waals surface area contributed by atoms with Gasteiger partial charge in [-0.2, -0.15) is 0 Å². The number of likely N-dealkylation sites (N-methyl/N-ethyl adjacent to an activating group) is 1.